The van der Waals surface area contributed by atoms with Crippen LogP contribution in [0, 0.1) is 0 Å². The van der Waals surface area contributed by atoms with Crippen molar-refractivity contribution in [3.8, 4) is 5.75 Å². The van der Waals surface area contributed by atoms with Crippen molar-refractivity contribution in [2.45, 2.75) is 6.42 Å². The van der Waals surface area contributed by atoms with E-state index in [2.05, 4.69) is 9.62 Å². The average Bonchev–Trinajstić information content (AvgIpc) is 2.65. The Bertz CT molecular complexity index is 1210. The summed E-state index contributed by atoms with van der Waals surface area (Å²) in [5.41, 5.74) is 1.47. The standard InChI is InChI=1S/C20H29N3O7S3/c1-22(15-16-30-20-11-7-18(8-12-20)21-31(2,24)25)14-13-17-5-9-19(10-6-17)23(32(3,26)27)33(4,28)29/h5-12,21H,13-16H2,1-4H3. The highest BCUT2D eigenvalue weighted by Crippen LogP contribution is 2.22. The smallest absolute Gasteiger partial charge is 0.245 e. The number of rotatable bonds is 12. The fraction of sp³-hybridized carbons (Fsp3) is 0.400. The summed E-state index contributed by atoms with van der Waals surface area (Å²) in [6, 6.07) is 13.0. The van der Waals surface area contributed by atoms with E-state index in [0.29, 0.717) is 41.3 Å². The molecule has 184 valence electrons. The number of nitrogens with zero attached hydrogens (tertiary/aromatic N) is 2. The van der Waals surface area contributed by atoms with E-state index in [1.54, 1.807) is 36.4 Å². The Morgan fingerprint density at radius 1 is 0.788 bits per heavy atom. The van der Waals surface area contributed by atoms with Crippen molar-refractivity contribution in [1.82, 2.24) is 4.90 Å². The van der Waals surface area contributed by atoms with Crippen LogP contribution in [-0.4, -0.2) is 75.7 Å². The van der Waals surface area contributed by atoms with Crippen LogP contribution >= 0.6 is 0 Å². The quantitative estimate of drug-likeness (QED) is 0.445. The third-order valence-electron chi connectivity index (χ3n) is 4.43. The van der Waals surface area contributed by atoms with E-state index in [1.165, 1.54) is 12.1 Å². The molecule has 0 aliphatic heterocycles. The van der Waals surface area contributed by atoms with Gasteiger partial charge < -0.3 is 9.64 Å². The molecule has 0 aromatic heterocycles. The zero-order valence-corrected chi connectivity index (χ0v) is 21.4. The van der Waals surface area contributed by atoms with Crippen LogP contribution in [0.25, 0.3) is 0 Å². The maximum Gasteiger partial charge on any atom is 0.245 e. The Morgan fingerprint density at radius 2 is 1.33 bits per heavy atom. The predicted octanol–water partition coefficient (Wildman–Crippen LogP) is 1.34. The fourth-order valence-electron chi connectivity index (χ4n) is 3.00. The second-order valence-electron chi connectivity index (χ2n) is 7.69. The number of hydrogen-bond acceptors (Lipinski definition) is 8. The first-order chi connectivity index (χ1) is 15.1. The van der Waals surface area contributed by atoms with Crippen LogP contribution in [0.5, 0.6) is 5.75 Å². The summed E-state index contributed by atoms with van der Waals surface area (Å²) in [5, 5.41) is 0. The third-order valence-corrected chi connectivity index (χ3v) is 8.29. The van der Waals surface area contributed by atoms with Crippen molar-refractivity contribution in [2.75, 3.05) is 53.9 Å². The van der Waals surface area contributed by atoms with Gasteiger partial charge in [-0.1, -0.05) is 12.1 Å². The molecule has 1 N–H and O–H groups in total. The van der Waals surface area contributed by atoms with Crippen LogP contribution in [0.15, 0.2) is 48.5 Å². The van der Waals surface area contributed by atoms with Crippen LogP contribution in [0.4, 0.5) is 11.4 Å². The topological polar surface area (TPSA) is 130 Å². The Balaban J connectivity index is 1.83. The minimum atomic E-state index is -3.97. The molecule has 0 bridgehead atoms. The number of ether oxygens (including phenoxy) is 1. The van der Waals surface area contributed by atoms with E-state index >= 15 is 0 Å². The molecule has 2 aromatic rings. The van der Waals surface area contributed by atoms with Gasteiger partial charge in [-0.25, -0.2) is 25.3 Å². The molecule has 0 saturated carbocycles. The first-order valence-corrected chi connectivity index (χ1v) is 15.4. The molecule has 0 fully saturated rings. The summed E-state index contributed by atoms with van der Waals surface area (Å²) < 4.78 is 78.3. The number of hydrogen-bond donors (Lipinski definition) is 1. The molecule has 0 saturated heterocycles. The van der Waals surface area contributed by atoms with Crippen LogP contribution in [-0.2, 0) is 36.5 Å². The number of sulfonamides is 3. The second-order valence-corrected chi connectivity index (χ2v) is 13.3. The molecule has 0 atom stereocenters. The minimum Gasteiger partial charge on any atom is -0.492 e. The lowest BCUT2D eigenvalue weighted by Crippen LogP contribution is -2.35. The molecule has 33 heavy (non-hydrogen) atoms. The Morgan fingerprint density at radius 3 is 1.82 bits per heavy atom. The van der Waals surface area contributed by atoms with Gasteiger partial charge in [0.25, 0.3) is 0 Å². The molecule has 2 rings (SSSR count). The normalized spacial score (nSPS) is 12.5. The number of likely N-dealkylation sites (N-methyl/N-ethyl adjacent to an activating group) is 1. The van der Waals surface area contributed by atoms with Crippen LogP contribution < -0.4 is 13.2 Å². The molecule has 0 spiro atoms. The molecular formula is C20H29N3O7S3. The zero-order chi connectivity index (χ0) is 24.9. The van der Waals surface area contributed by atoms with Gasteiger partial charge in [0.15, 0.2) is 0 Å². The summed E-state index contributed by atoms with van der Waals surface area (Å²) in [6.07, 6.45) is 3.46. The minimum absolute atomic E-state index is 0.0725. The number of nitrogens with one attached hydrogen (secondary N) is 1. The third kappa shape index (κ3) is 9.20. The molecule has 0 amide bonds. The molecule has 0 heterocycles. The van der Waals surface area contributed by atoms with E-state index in [4.69, 9.17) is 4.74 Å². The van der Waals surface area contributed by atoms with Crippen molar-refractivity contribution in [1.29, 1.82) is 0 Å². The van der Waals surface area contributed by atoms with E-state index in [1.807, 2.05) is 7.05 Å². The molecule has 0 radical (unpaired) electrons. The van der Waals surface area contributed by atoms with Crippen LogP contribution in [0.1, 0.15) is 5.56 Å². The van der Waals surface area contributed by atoms with Crippen molar-refractivity contribution >= 4 is 41.4 Å². The first kappa shape index (κ1) is 26.9. The van der Waals surface area contributed by atoms with E-state index < -0.39 is 30.1 Å². The van der Waals surface area contributed by atoms with E-state index in [9.17, 15) is 25.3 Å². The lowest BCUT2D eigenvalue weighted by molar-refractivity contribution is 0.239. The van der Waals surface area contributed by atoms with Gasteiger partial charge in [-0.05, 0) is 55.4 Å². The highest BCUT2D eigenvalue weighted by atomic mass is 32.3. The largest absolute Gasteiger partial charge is 0.492 e. The maximum atomic E-state index is 11.9. The van der Waals surface area contributed by atoms with Gasteiger partial charge in [0.1, 0.15) is 12.4 Å². The van der Waals surface area contributed by atoms with E-state index in [-0.39, 0.29) is 5.69 Å². The average molecular weight is 520 g/mol. The van der Waals surface area contributed by atoms with Gasteiger partial charge in [0, 0.05) is 18.8 Å². The molecule has 0 unspecified atom stereocenters. The van der Waals surface area contributed by atoms with Crippen molar-refractivity contribution < 1.29 is 30.0 Å². The molecule has 10 nitrogen and oxygen atoms in total. The lowest BCUT2D eigenvalue weighted by atomic mass is 10.1. The molecule has 0 aliphatic carbocycles. The lowest BCUT2D eigenvalue weighted by Gasteiger charge is -2.20. The monoisotopic (exact) mass is 519 g/mol. The summed E-state index contributed by atoms with van der Waals surface area (Å²) in [6.45, 7) is 1.80. The molecule has 13 heteroatoms. The predicted molar refractivity (Wildman–Crippen MR) is 130 cm³/mol. The van der Waals surface area contributed by atoms with Crippen molar-refractivity contribution in [3.63, 3.8) is 0 Å². The summed E-state index contributed by atoms with van der Waals surface area (Å²) in [5.74, 6) is 0.624. The Kier molecular flexibility index (Phi) is 8.74. The molecular weight excluding hydrogens is 490 g/mol. The van der Waals surface area contributed by atoms with Crippen molar-refractivity contribution in [2.24, 2.45) is 0 Å². The Labute approximate surface area is 196 Å². The highest BCUT2D eigenvalue weighted by molar-refractivity contribution is 8.09. The first-order valence-electron chi connectivity index (χ1n) is 9.84. The van der Waals surface area contributed by atoms with Gasteiger partial charge in [-0.2, -0.15) is 3.71 Å². The maximum absolute atomic E-state index is 11.9. The second kappa shape index (κ2) is 10.7. The molecule has 2 aromatic carbocycles. The summed E-state index contributed by atoms with van der Waals surface area (Å²) in [7, 11) is -9.31. The van der Waals surface area contributed by atoms with Gasteiger partial charge in [-0.3, -0.25) is 4.72 Å². The van der Waals surface area contributed by atoms with Crippen LogP contribution in [0.3, 0.4) is 0 Å². The van der Waals surface area contributed by atoms with Crippen LogP contribution in [0.2, 0.25) is 0 Å². The van der Waals surface area contributed by atoms with Gasteiger partial charge in [-0.15, -0.1) is 0 Å². The zero-order valence-electron chi connectivity index (χ0n) is 18.9. The fourth-order valence-corrected chi connectivity index (χ4v) is 6.54. The van der Waals surface area contributed by atoms with E-state index in [0.717, 1.165) is 24.3 Å². The summed E-state index contributed by atoms with van der Waals surface area (Å²) in [4.78, 5) is 2.06. The summed E-state index contributed by atoms with van der Waals surface area (Å²) >= 11 is 0. The van der Waals surface area contributed by atoms with Gasteiger partial charge in [0.2, 0.25) is 30.1 Å². The van der Waals surface area contributed by atoms with Gasteiger partial charge >= 0.3 is 0 Å². The SMILES string of the molecule is CN(CCOc1ccc(NS(C)(=O)=O)cc1)CCc1ccc(N(S(C)(=O)=O)S(C)(=O)=O)cc1. The Hall–Kier alpha value is -2.35. The van der Waals surface area contributed by atoms with Gasteiger partial charge in [0.05, 0.1) is 24.5 Å². The van der Waals surface area contributed by atoms with Crippen molar-refractivity contribution in [3.05, 3.63) is 54.1 Å². The molecule has 0 aliphatic rings. The number of benzene rings is 2. The highest BCUT2D eigenvalue weighted by Gasteiger charge is 2.26. The number of anilines is 2.